The zero-order valence-corrected chi connectivity index (χ0v) is 2.80. The second kappa shape index (κ2) is 0.999. The molecule has 0 aliphatic carbocycles. The smallest absolute Gasteiger partial charge is 0.511 e. The van der Waals surface area contributed by atoms with Crippen LogP contribution < -0.4 is 0 Å². The van der Waals surface area contributed by atoms with Crippen LogP contribution in [-0.4, -0.2) is 18.8 Å². The predicted octanol–water partition coefficient (Wildman–Crippen LogP) is -1.61. The first-order valence-electron chi connectivity index (χ1n) is 0.651. The molecular weight excluding hydrogens is 82.1 g/mol. The minimum absolute atomic E-state index is 3.13. The van der Waals surface area contributed by atoms with Crippen LogP contribution in [0, 0.1) is 0 Å². The van der Waals surface area contributed by atoms with E-state index in [2.05, 4.69) is 0 Å². The molecule has 0 radical (unpaired) electrons. The van der Waals surface area contributed by atoms with Crippen molar-refractivity contribution >= 4 is 9.17 Å². The Bertz CT molecular complexity index is 26.3. The van der Waals surface area contributed by atoms with Crippen LogP contribution in [0.5, 0.6) is 0 Å². The molecule has 0 bridgehead atoms. The van der Waals surface area contributed by atoms with Crippen LogP contribution in [0.1, 0.15) is 0 Å². The van der Waals surface area contributed by atoms with Crippen molar-refractivity contribution in [2.75, 3.05) is 0 Å². The Morgan fingerprint density at radius 3 is 1.50 bits per heavy atom. The maximum Gasteiger partial charge on any atom is 0.761 e. The highest BCUT2D eigenvalue weighted by Crippen LogP contribution is 1.27. The first kappa shape index (κ1) is 3.62. The minimum Gasteiger partial charge on any atom is -0.511 e. The summed E-state index contributed by atoms with van der Waals surface area (Å²) < 4.78 is 8.74. The number of hydrogen-bond donors (Lipinski definition) is 2. The molecule has 0 aromatic carbocycles. The van der Waals surface area contributed by atoms with E-state index < -0.39 is 9.17 Å². The fourth-order valence-electron chi connectivity index (χ4n) is 0. The molecule has 0 rings (SSSR count). The molecule has 0 fully saturated rings. The molecule has 0 aromatic rings. The lowest BCUT2D eigenvalue weighted by molar-refractivity contribution is 0.330. The largest absolute Gasteiger partial charge is 0.761 e. The molecule has 0 spiro atoms. The fraction of sp³-hybridized carbons (Fsp3) is 0. The Labute approximate surface area is 24.4 Å². The van der Waals surface area contributed by atoms with Crippen LogP contribution in [0.4, 0.5) is 0 Å². The molecule has 0 heterocycles. The molecule has 0 saturated heterocycles. The Morgan fingerprint density at radius 1 is 1.50 bits per heavy atom. The third kappa shape index (κ3) is 4.19. The fourth-order valence-corrected chi connectivity index (χ4v) is 0. The van der Waals surface area contributed by atoms with Crippen molar-refractivity contribution in [3.8, 4) is 0 Å². The molecule has 24 valence electrons. The average Bonchev–Trinajstić information content (AvgIpc) is 0.811. The van der Waals surface area contributed by atoms with Gasteiger partial charge in [-0.05, 0) is 0 Å². The van der Waals surface area contributed by atoms with Crippen LogP contribution >= 0.6 is 0 Å². The van der Waals surface area contributed by atoms with Crippen LogP contribution in [0.2, 0.25) is 0 Å². The third-order valence-electron chi connectivity index (χ3n) is 0. The summed E-state index contributed by atoms with van der Waals surface area (Å²) in [6, 6.07) is 0. The van der Waals surface area contributed by atoms with Crippen LogP contribution in [-0.2, 0) is 4.46 Å². The van der Waals surface area contributed by atoms with E-state index in [0.29, 0.717) is 0 Å². The topological polar surface area (TPSA) is 57.5 Å². The lowest BCUT2D eigenvalue weighted by Crippen LogP contribution is -1.90. The summed E-state index contributed by atoms with van der Waals surface area (Å²) in [6.45, 7) is 0. The summed E-state index contributed by atoms with van der Waals surface area (Å²) >= 11 is 0. The lowest BCUT2D eigenvalue weighted by Gasteiger charge is -1.55. The molecule has 4 heteroatoms. The molecule has 0 aliphatic rings. The molecule has 0 aromatic heterocycles. The van der Waals surface area contributed by atoms with Crippen molar-refractivity contribution in [1.82, 2.24) is 0 Å². The molecular formula is H2O3Si. The zero-order valence-electron chi connectivity index (χ0n) is 1.80. The normalized spacial score (nSPS) is 6.00. The Morgan fingerprint density at radius 2 is 1.50 bits per heavy atom. The van der Waals surface area contributed by atoms with Crippen molar-refractivity contribution in [1.29, 1.82) is 0 Å². The van der Waals surface area contributed by atoms with Gasteiger partial charge in [0.05, 0.1) is 0 Å². The van der Waals surface area contributed by atoms with E-state index in [1.165, 1.54) is 0 Å². The van der Waals surface area contributed by atoms with E-state index in [-0.39, 0.29) is 0 Å². The van der Waals surface area contributed by atoms with E-state index in [1.54, 1.807) is 0 Å². The molecule has 0 atom stereocenters. The van der Waals surface area contributed by atoms with Gasteiger partial charge in [0.15, 0.2) is 0 Å². The van der Waals surface area contributed by atoms with Crippen LogP contribution in [0.3, 0.4) is 0 Å². The van der Waals surface area contributed by atoms with Crippen LogP contribution in [0.15, 0.2) is 0 Å². The maximum atomic E-state index is 8.74. The predicted molar refractivity (Wildman–Crippen MR) is 10.9 cm³/mol. The molecule has 2 N–H and O–H groups in total. The summed E-state index contributed by atoms with van der Waals surface area (Å²) in [4.78, 5) is 14.3. The Kier molecular flexibility index (Phi) is 0.903. The lowest BCUT2D eigenvalue weighted by atomic mass is 17.8. The van der Waals surface area contributed by atoms with Crippen molar-refractivity contribution in [2.24, 2.45) is 0 Å². The van der Waals surface area contributed by atoms with Crippen molar-refractivity contribution in [2.45, 2.75) is 0 Å². The monoisotopic (exact) mass is 84.0 g/mol. The van der Waals surface area contributed by atoms with Crippen molar-refractivity contribution in [3.63, 3.8) is 0 Å². The first-order valence-corrected chi connectivity index (χ1v) is 1.95. The van der Waals surface area contributed by atoms with E-state index >= 15 is 0 Å². The first-order chi connectivity index (χ1) is 1.73. The summed E-state index contributed by atoms with van der Waals surface area (Å²) in [7, 11) is -3.13. The molecule has 0 saturated carbocycles. The van der Waals surface area contributed by atoms with Gasteiger partial charge in [-0.15, -0.1) is 0 Å². The Hall–Kier alpha value is -0.383. The molecule has 0 aliphatic heterocycles. The van der Waals surface area contributed by atoms with Gasteiger partial charge in [-0.1, -0.05) is 0 Å². The number of rotatable bonds is 0. The highest BCUT2D eigenvalue weighted by atomic mass is 28.3. The summed E-state index contributed by atoms with van der Waals surface area (Å²) in [6.07, 6.45) is 0. The summed E-state index contributed by atoms with van der Waals surface area (Å²) in [5.74, 6) is 0. The van der Waals surface area contributed by atoms with Gasteiger partial charge in [-0.25, -0.2) is 0 Å². The van der Waals surface area contributed by atoms with Gasteiger partial charge in [0, 0.05) is 0 Å². The minimum atomic E-state index is -3.13. The van der Waals surface area contributed by atoms with Gasteiger partial charge in [0.25, 0.3) is 0 Å². The van der Waals surface area contributed by atoms with Gasteiger partial charge in [0.1, 0.15) is 0 Å². The summed E-state index contributed by atoms with van der Waals surface area (Å²) in [5.41, 5.74) is 0. The highest BCUT2D eigenvalue weighted by molar-refractivity contribution is 6.22. The second-order valence-electron chi connectivity index (χ2n) is 0.283. The standard InChI is InChI=1S/H2O3Si/c1-4(2)3/h1-2H/i1+2,2+2,3+2. The van der Waals surface area contributed by atoms with Gasteiger partial charge < -0.3 is 9.59 Å². The Balaban J connectivity index is 2.80. The highest BCUT2D eigenvalue weighted by Gasteiger charge is 1.85. The maximum absolute atomic E-state index is 8.74. The summed E-state index contributed by atoms with van der Waals surface area (Å²) in [5, 5.41) is 0. The quantitative estimate of drug-likeness (QED) is 0.274. The van der Waals surface area contributed by atoms with Gasteiger partial charge in [-0.2, -0.15) is 0 Å². The third-order valence-corrected chi connectivity index (χ3v) is 0. The zero-order chi connectivity index (χ0) is 3.58. The average molecular weight is 84.1 g/mol. The number of hydrogen-bond acceptors (Lipinski definition) is 1. The van der Waals surface area contributed by atoms with Crippen molar-refractivity contribution in [3.05, 3.63) is 0 Å². The molecule has 3 nitrogen and oxygen atoms in total. The van der Waals surface area contributed by atoms with Gasteiger partial charge >= 0.3 is 9.17 Å². The van der Waals surface area contributed by atoms with Crippen LogP contribution in [0.25, 0.3) is 0 Å². The van der Waals surface area contributed by atoms with E-state index in [4.69, 9.17) is 14.1 Å². The second-order valence-corrected chi connectivity index (χ2v) is 0.848. The van der Waals surface area contributed by atoms with Gasteiger partial charge in [-0.3, -0.25) is 4.46 Å². The van der Waals surface area contributed by atoms with E-state index in [1.807, 2.05) is 0 Å². The van der Waals surface area contributed by atoms with E-state index in [9.17, 15) is 0 Å². The molecule has 0 unspecified atom stereocenters. The van der Waals surface area contributed by atoms with Crippen molar-refractivity contribution < 1.29 is 14.1 Å². The van der Waals surface area contributed by atoms with Gasteiger partial charge in [0.2, 0.25) is 0 Å². The molecule has 4 heavy (non-hydrogen) atoms. The molecule has 0 amide bonds. The SMILES string of the molecule is [18O]=[Si]([18OH])[18OH]. The van der Waals surface area contributed by atoms with E-state index in [0.717, 1.165) is 0 Å².